The molecule has 1 aromatic carbocycles. The third-order valence-electron chi connectivity index (χ3n) is 6.00. The number of rotatable bonds is 7. The molecular formula is C22H32N2O2. The molecule has 2 fully saturated rings. The highest BCUT2D eigenvalue weighted by atomic mass is 16.2. The Morgan fingerprint density at radius 3 is 2.42 bits per heavy atom. The molecule has 0 spiro atoms. The molecule has 2 aliphatic rings. The lowest BCUT2D eigenvalue weighted by molar-refractivity contribution is -0.134. The van der Waals surface area contributed by atoms with E-state index in [0.29, 0.717) is 24.4 Å². The Kier molecular flexibility index (Phi) is 6.33. The Bertz CT molecular complexity index is 602. The fourth-order valence-corrected chi connectivity index (χ4v) is 5.00. The molecule has 0 aromatic heterocycles. The Morgan fingerprint density at radius 2 is 1.81 bits per heavy atom. The lowest BCUT2D eigenvalue weighted by Gasteiger charge is -2.39. The SMILES string of the molecule is CC(=O)N1C2CCC1CC(CC(C)NC(=O)CCCc1ccccc1)C2. The van der Waals surface area contributed by atoms with Crippen molar-refractivity contribution < 1.29 is 9.59 Å². The number of nitrogens with one attached hydrogen (secondary N) is 1. The van der Waals surface area contributed by atoms with Crippen molar-refractivity contribution in [3.05, 3.63) is 35.9 Å². The summed E-state index contributed by atoms with van der Waals surface area (Å²) in [6.45, 7) is 3.82. The van der Waals surface area contributed by atoms with Crippen LogP contribution in [0.15, 0.2) is 30.3 Å². The van der Waals surface area contributed by atoms with Gasteiger partial charge >= 0.3 is 0 Å². The number of piperidine rings is 1. The van der Waals surface area contributed by atoms with Gasteiger partial charge < -0.3 is 10.2 Å². The fraction of sp³-hybridized carbons (Fsp3) is 0.636. The van der Waals surface area contributed by atoms with Crippen molar-refractivity contribution in [2.75, 3.05) is 0 Å². The number of carbonyl (C=O) groups excluding carboxylic acids is 2. The minimum Gasteiger partial charge on any atom is -0.354 e. The molecule has 2 heterocycles. The maximum absolute atomic E-state index is 12.2. The molecule has 4 nitrogen and oxygen atoms in total. The van der Waals surface area contributed by atoms with Crippen LogP contribution in [0.5, 0.6) is 0 Å². The number of carbonyl (C=O) groups is 2. The second-order valence-electron chi connectivity index (χ2n) is 8.19. The van der Waals surface area contributed by atoms with Gasteiger partial charge in [0.1, 0.15) is 0 Å². The summed E-state index contributed by atoms with van der Waals surface area (Å²) in [5.74, 6) is 1.02. The zero-order valence-corrected chi connectivity index (χ0v) is 16.1. The first-order chi connectivity index (χ1) is 12.5. The van der Waals surface area contributed by atoms with Crippen molar-refractivity contribution >= 4 is 11.8 Å². The quantitative estimate of drug-likeness (QED) is 0.810. The zero-order valence-electron chi connectivity index (χ0n) is 16.1. The summed E-state index contributed by atoms with van der Waals surface area (Å²) in [6.07, 6.45) is 7.98. The minimum absolute atomic E-state index is 0.164. The van der Waals surface area contributed by atoms with Gasteiger partial charge in [-0.15, -0.1) is 0 Å². The van der Waals surface area contributed by atoms with E-state index in [1.165, 1.54) is 5.56 Å². The standard InChI is InChI=1S/C22H32N2O2/c1-16(23-22(26)10-6-9-18-7-4-3-5-8-18)13-19-14-20-11-12-21(15-19)24(20)17(2)25/h3-5,7-8,16,19-21H,6,9-15H2,1-2H3,(H,23,26). The summed E-state index contributed by atoms with van der Waals surface area (Å²) in [5, 5.41) is 3.18. The number of benzene rings is 1. The molecule has 4 heteroatoms. The van der Waals surface area contributed by atoms with Gasteiger partial charge in [-0.25, -0.2) is 0 Å². The van der Waals surface area contributed by atoms with E-state index >= 15 is 0 Å². The van der Waals surface area contributed by atoms with Crippen LogP contribution in [0.4, 0.5) is 0 Å². The lowest BCUT2D eigenvalue weighted by Crippen LogP contribution is -2.46. The van der Waals surface area contributed by atoms with Gasteiger partial charge in [-0.05, 0) is 63.4 Å². The van der Waals surface area contributed by atoms with E-state index in [1.54, 1.807) is 6.92 Å². The zero-order chi connectivity index (χ0) is 18.5. The van der Waals surface area contributed by atoms with E-state index in [0.717, 1.165) is 44.9 Å². The van der Waals surface area contributed by atoms with Crippen LogP contribution in [0.2, 0.25) is 0 Å². The van der Waals surface area contributed by atoms with Crippen LogP contribution in [0.3, 0.4) is 0 Å². The molecule has 0 radical (unpaired) electrons. The summed E-state index contributed by atoms with van der Waals surface area (Å²) in [6, 6.07) is 11.4. The van der Waals surface area contributed by atoms with Gasteiger partial charge in [0.05, 0.1) is 0 Å². The van der Waals surface area contributed by atoms with Crippen LogP contribution in [0, 0.1) is 5.92 Å². The largest absolute Gasteiger partial charge is 0.354 e. The van der Waals surface area contributed by atoms with Gasteiger partial charge in [-0.1, -0.05) is 30.3 Å². The van der Waals surface area contributed by atoms with E-state index in [4.69, 9.17) is 0 Å². The maximum atomic E-state index is 12.2. The van der Waals surface area contributed by atoms with Crippen LogP contribution in [-0.4, -0.2) is 34.8 Å². The summed E-state index contributed by atoms with van der Waals surface area (Å²) < 4.78 is 0. The Labute approximate surface area is 157 Å². The van der Waals surface area contributed by atoms with Crippen molar-refractivity contribution in [1.82, 2.24) is 10.2 Å². The van der Waals surface area contributed by atoms with Crippen molar-refractivity contribution in [2.45, 2.75) is 83.3 Å². The second-order valence-corrected chi connectivity index (χ2v) is 8.19. The Hall–Kier alpha value is -1.84. The molecule has 2 saturated heterocycles. The average molecular weight is 357 g/mol. The normalized spacial score (nSPS) is 25.8. The fourth-order valence-electron chi connectivity index (χ4n) is 5.00. The lowest BCUT2D eigenvalue weighted by atomic mass is 9.86. The highest BCUT2D eigenvalue weighted by Crippen LogP contribution is 2.40. The van der Waals surface area contributed by atoms with E-state index in [-0.39, 0.29) is 17.9 Å². The molecule has 0 saturated carbocycles. The Balaban J connectivity index is 1.37. The third-order valence-corrected chi connectivity index (χ3v) is 6.00. The predicted molar refractivity (Wildman–Crippen MR) is 104 cm³/mol. The van der Waals surface area contributed by atoms with Crippen LogP contribution < -0.4 is 5.32 Å². The van der Waals surface area contributed by atoms with E-state index in [2.05, 4.69) is 29.3 Å². The predicted octanol–water partition coefficient (Wildman–Crippen LogP) is 3.69. The van der Waals surface area contributed by atoms with Crippen LogP contribution >= 0.6 is 0 Å². The first-order valence-electron chi connectivity index (χ1n) is 10.1. The van der Waals surface area contributed by atoms with E-state index in [1.807, 2.05) is 18.2 Å². The molecule has 2 aliphatic heterocycles. The molecular weight excluding hydrogens is 324 g/mol. The van der Waals surface area contributed by atoms with Gasteiger partial charge in [0.15, 0.2) is 0 Å². The van der Waals surface area contributed by atoms with Crippen molar-refractivity contribution in [1.29, 1.82) is 0 Å². The molecule has 0 aliphatic carbocycles. The molecule has 26 heavy (non-hydrogen) atoms. The minimum atomic E-state index is 0.164. The molecule has 3 rings (SSSR count). The first-order valence-corrected chi connectivity index (χ1v) is 10.1. The third kappa shape index (κ3) is 4.87. The molecule has 1 aromatic rings. The summed E-state index contributed by atoms with van der Waals surface area (Å²) in [5.41, 5.74) is 1.29. The number of hydrogen-bond acceptors (Lipinski definition) is 2. The van der Waals surface area contributed by atoms with Crippen LogP contribution in [0.1, 0.15) is 64.4 Å². The summed E-state index contributed by atoms with van der Waals surface area (Å²) in [7, 11) is 0. The molecule has 2 bridgehead atoms. The smallest absolute Gasteiger partial charge is 0.220 e. The van der Waals surface area contributed by atoms with Gasteiger partial charge in [-0.2, -0.15) is 0 Å². The van der Waals surface area contributed by atoms with E-state index in [9.17, 15) is 9.59 Å². The van der Waals surface area contributed by atoms with Gasteiger partial charge in [-0.3, -0.25) is 9.59 Å². The summed E-state index contributed by atoms with van der Waals surface area (Å²) in [4.78, 5) is 26.1. The average Bonchev–Trinajstić information content (AvgIpc) is 2.87. The van der Waals surface area contributed by atoms with Crippen LogP contribution in [-0.2, 0) is 16.0 Å². The number of hydrogen-bond donors (Lipinski definition) is 1. The highest BCUT2D eigenvalue weighted by Gasteiger charge is 2.42. The van der Waals surface area contributed by atoms with Crippen molar-refractivity contribution in [2.24, 2.45) is 5.92 Å². The topological polar surface area (TPSA) is 49.4 Å². The maximum Gasteiger partial charge on any atom is 0.220 e. The van der Waals surface area contributed by atoms with Gasteiger partial charge in [0.25, 0.3) is 0 Å². The molecule has 3 unspecified atom stereocenters. The number of amides is 2. The van der Waals surface area contributed by atoms with Gasteiger partial charge in [0.2, 0.25) is 11.8 Å². The van der Waals surface area contributed by atoms with Crippen molar-refractivity contribution in [3.8, 4) is 0 Å². The molecule has 1 N–H and O–H groups in total. The number of fused-ring (bicyclic) bond motifs is 2. The van der Waals surface area contributed by atoms with Crippen molar-refractivity contribution in [3.63, 3.8) is 0 Å². The molecule has 142 valence electrons. The second kappa shape index (κ2) is 8.70. The molecule has 3 atom stereocenters. The van der Waals surface area contributed by atoms with E-state index < -0.39 is 0 Å². The monoisotopic (exact) mass is 356 g/mol. The number of aryl methyl sites for hydroxylation is 1. The first kappa shape index (κ1) is 18.9. The Morgan fingerprint density at radius 1 is 1.15 bits per heavy atom. The van der Waals surface area contributed by atoms with Crippen LogP contribution in [0.25, 0.3) is 0 Å². The number of nitrogens with zero attached hydrogens (tertiary/aromatic N) is 1. The summed E-state index contributed by atoms with van der Waals surface area (Å²) >= 11 is 0. The van der Waals surface area contributed by atoms with Gasteiger partial charge in [0, 0.05) is 31.5 Å². The molecule has 2 amide bonds. The highest BCUT2D eigenvalue weighted by molar-refractivity contribution is 5.76.